The zero-order chi connectivity index (χ0) is 17.1. The fourth-order valence-corrected chi connectivity index (χ4v) is 4.62. The number of aromatic nitrogens is 1. The zero-order valence-corrected chi connectivity index (χ0v) is 14.0. The van der Waals surface area contributed by atoms with Crippen LogP contribution in [-0.4, -0.2) is 50.5 Å². The largest absolute Gasteiger partial charge is 0.434 e. The monoisotopic (exact) mass is 370 g/mol. The van der Waals surface area contributed by atoms with Crippen LogP contribution >= 0.6 is 11.3 Å². The molecule has 1 fully saturated rings. The van der Waals surface area contributed by atoms with Crippen molar-refractivity contribution in [1.29, 1.82) is 0 Å². The van der Waals surface area contributed by atoms with E-state index in [4.69, 9.17) is 0 Å². The van der Waals surface area contributed by atoms with Crippen LogP contribution in [0.1, 0.15) is 17.1 Å². The van der Waals surface area contributed by atoms with E-state index in [1.807, 2.05) is 0 Å². The molecule has 0 aliphatic carbocycles. The molecule has 6 nitrogen and oxygen atoms in total. The summed E-state index contributed by atoms with van der Waals surface area (Å²) in [6, 6.07) is -0.192. The number of aliphatic imine (C=N–C) groups is 1. The van der Waals surface area contributed by atoms with Crippen LogP contribution in [0.3, 0.4) is 0 Å². The van der Waals surface area contributed by atoms with Gasteiger partial charge in [-0.25, -0.2) is 13.4 Å². The molecule has 1 aliphatic heterocycles. The molecular weight excluding hydrogens is 353 g/mol. The molecule has 2 heterocycles. The third-order valence-corrected chi connectivity index (χ3v) is 5.95. The Bertz CT molecular complexity index is 670. The Balaban J connectivity index is 1.79. The summed E-state index contributed by atoms with van der Waals surface area (Å²) >= 11 is 0.958. The standard InChI is InChI=1S/C12H17F3N4O2S2/c1-16-11(18-8-3-5-23(20,21)7-8)17-4-2-10-19-9(6-22-10)12(13,14)15/h6,8H,2-5,7H2,1H3,(H2,16,17,18). The van der Waals surface area contributed by atoms with Crippen molar-refractivity contribution >= 4 is 27.1 Å². The number of alkyl halides is 3. The van der Waals surface area contributed by atoms with Gasteiger partial charge < -0.3 is 10.6 Å². The van der Waals surface area contributed by atoms with Gasteiger partial charge in [-0.15, -0.1) is 11.3 Å². The van der Waals surface area contributed by atoms with E-state index in [-0.39, 0.29) is 17.5 Å². The number of halogens is 3. The van der Waals surface area contributed by atoms with Gasteiger partial charge >= 0.3 is 6.18 Å². The first-order valence-electron chi connectivity index (χ1n) is 6.89. The molecule has 23 heavy (non-hydrogen) atoms. The van der Waals surface area contributed by atoms with E-state index in [9.17, 15) is 21.6 Å². The number of sulfone groups is 1. The van der Waals surface area contributed by atoms with Gasteiger partial charge in [0.2, 0.25) is 0 Å². The quantitative estimate of drug-likeness (QED) is 0.612. The second kappa shape index (κ2) is 7.04. The predicted octanol–water partition coefficient (Wildman–Crippen LogP) is 1.06. The lowest BCUT2D eigenvalue weighted by molar-refractivity contribution is -0.140. The average Bonchev–Trinajstić information content (AvgIpc) is 3.04. The summed E-state index contributed by atoms with van der Waals surface area (Å²) < 4.78 is 60.1. The summed E-state index contributed by atoms with van der Waals surface area (Å²) in [5.74, 6) is 0.649. The van der Waals surface area contributed by atoms with Crippen molar-refractivity contribution in [2.75, 3.05) is 25.1 Å². The highest BCUT2D eigenvalue weighted by Gasteiger charge is 2.33. The number of nitrogens with zero attached hydrogens (tertiary/aromatic N) is 2. The Morgan fingerprint density at radius 3 is 2.78 bits per heavy atom. The van der Waals surface area contributed by atoms with Crippen LogP contribution in [0.2, 0.25) is 0 Å². The van der Waals surface area contributed by atoms with E-state index in [2.05, 4.69) is 20.6 Å². The third-order valence-electron chi connectivity index (χ3n) is 3.27. The molecule has 1 aliphatic rings. The maximum absolute atomic E-state index is 12.4. The molecule has 2 N–H and O–H groups in total. The van der Waals surface area contributed by atoms with E-state index in [0.29, 0.717) is 30.4 Å². The second-order valence-corrected chi connectivity index (χ2v) is 8.29. The third kappa shape index (κ3) is 5.34. The van der Waals surface area contributed by atoms with Gasteiger partial charge in [0, 0.05) is 31.4 Å². The molecule has 2 rings (SSSR count). The highest BCUT2D eigenvalue weighted by molar-refractivity contribution is 7.91. The van der Waals surface area contributed by atoms with Crippen LogP contribution in [0.5, 0.6) is 0 Å². The molecule has 0 saturated carbocycles. The predicted molar refractivity (Wildman–Crippen MR) is 82.4 cm³/mol. The van der Waals surface area contributed by atoms with Gasteiger partial charge in [0.05, 0.1) is 16.5 Å². The molecular formula is C12H17F3N4O2S2. The van der Waals surface area contributed by atoms with E-state index < -0.39 is 21.7 Å². The van der Waals surface area contributed by atoms with Gasteiger partial charge in [-0.05, 0) is 6.42 Å². The molecule has 130 valence electrons. The summed E-state index contributed by atoms with van der Waals surface area (Å²) in [5, 5.41) is 7.32. The summed E-state index contributed by atoms with van der Waals surface area (Å²) in [5.41, 5.74) is -0.879. The summed E-state index contributed by atoms with van der Waals surface area (Å²) in [4.78, 5) is 7.52. The first-order valence-corrected chi connectivity index (χ1v) is 9.59. The van der Waals surface area contributed by atoms with Crippen LogP contribution in [0.25, 0.3) is 0 Å². The second-order valence-electron chi connectivity index (χ2n) is 5.12. The van der Waals surface area contributed by atoms with Gasteiger partial charge in [0.1, 0.15) is 0 Å². The van der Waals surface area contributed by atoms with Gasteiger partial charge in [-0.2, -0.15) is 13.2 Å². The Morgan fingerprint density at radius 2 is 2.26 bits per heavy atom. The van der Waals surface area contributed by atoms with Gasteiger partial charge in [0.25, 0.3) is 0 Å². The SMILES string of the molecule is CN=C(NCCc1nc(C(F)(F)F)cs1)NC1CCS(=O)(=O)C1. The molecule has 0 amide bonds. The van der Waals surface area contributed by atoms with Crippen molar-refractivity contribution in [3.05, 3.63) is 16.1 Å². The lowest BCUT2D eigenvalue weighted by Crippen LogP contribution is -2.44. The molecule has 1 aromatic rings. The molecule has 1 saturated heterocycles. The number of rotatable bonds is 4. The van der Waals surface area contributed by atoms with E-state index >= 15 is 0 Å². The zero-order valence-electron chi connectivity index (χ0n) is 12.4. The van der Waals surface area contributed by atoms with Crippen molar-refractivity contribution < 1.29 is 21.6 Å². The van der Waals surface area contributed by atoms with Gasteiger partial charge in [-0.3, -0.25) is 4.99 Å². The normalized spacial score (nSPS) is 21.4. The minimum atomic E-state index is -4.42. The minimum absolute atomic E-state index is 0.0646. The van der Waals surface area contributed by atoms with Crippen LogP contribution < -0.4 is 10.6 Å². The summed E-state index contributed by atoms with van der Waals surface area (Å²) in [6.45, 7) is 0.351. The van der Waals surface area contributed by atoms with Gasteiger partial charge in [0.15, 0.2) is 21.5 Å². The van der Waals surface area contributed by atoms with Crippen molar-refractivity contribution in [1.82, 2.24) is 15.6 Å². The Kier molecular flexibility index (Phi) is 5.50. The van der Waals surface area contributed by atoms with Crippen molar-refractivity contribution in [2.24, 2.45) is 4.99 Å². The van der Waals surface area contributed by atoms with E-state index in [0.717, 1.165) is 16.7 Å². The number of hydrogen-bond donors (Lipinski definition) is 2. The number of thiazole rings is 1. The first-order chi connectivity index (χ1) is 10.7. The molecule has 0 spiro atoms. The molecule has 1 atom stereocenters. The average molecular weight is 370 g/mol. The van der Waals surface area contributed by atoms with Crippen LogP contribution in [0.15, 0.2) is 10.4 Å². The smallest absolute Gasteiger partial charge is 0.356 e. The summed E-state index contributed by atoms with van der Waals surface area (Å²) in [6.07, 6.45) is -3.58. The molecule has 1 unspecified atom stereocenters. The first kappa shape index (κ1) is 18.0. The molecule has 0 bridgehead atoms. The number of hydrogen-bond acceptors (Lipinski definition) is 5. The van der Waals surface area contributed by atoms with Crippen LogP contribution in [-0.2, 0) is 22.4 Å². The van der Waals surface area contributed by atoms with Crippen molar-refractivity contribution in [2.45, 2.75) is 25.1 Å². The lowest BCUT2D eigenvalue weighted by Gasteiger charge is -2.15. The maximum Gasteiger partial charge on any atom is 0.434 e. The Morgan fingerprint density at radius 1 is 1.52 bits per heavy atom. The molecule has 0 aromatic carbocycles. The van der Waals surface area contributed by atoms with E-state index in [1.54, 1.807) is 7.05 Å². The minimum Gasteiger partial charge on any atom is -0.356 e. The highest BCUT2D eigenvalue weighted by Crippen LogP contribution is 2.29. The number of nitrogens with one attached hydrogen (secondary N) is 2. The van der Waals surface area contributed by atoms with Gasteiger partial charge in [-0.1, -0.05) is 0 Å². The van der Waals surface area contributed by atoms with Crippen molar-refractivity contribution in [3.63, 3.8) is 0 Å². The van der Waals surface area contributed by atoms with E-state index in [1.165, 1.54) is 0 Å². The maximum atomic E-state index is 12.4. The molecule has 11 heteroatoms. The van der Waals surface area contributed by atoms with Crippen LogP contribution in [0.4, 0.5) is 13.2 Å². The van der Waals surface area contributed by atoms with Crippen molar-refractivity contribution in [3.8, 4) is 0 Å². The highest BCUT2D eigenvalue weighted by atomic mass is 32.2. The Hall–Kier alpha value is -1.36. The molecule has 1 aromatic heterocycles. The van der Waals surface area contributed by atoms with Crippen LogP contribution in [0, 0.1) is 0 Å². The topological polar surface area (TPSA) is 83.4 Å². The summed E-state index contributed by atoms with van der Waals surface area (Å²) in [7, 11) is -1.44. The molecule has 0 radical (unpaired) electrons. The Labute approximate surface area is 136 Å². The fourth-order valence-electron chi connectivity index (χ4n) is 2.14. The lowest BCUT2D eigenvalue weighted by atomic mass is 10.3. The number of guanidine groups is 1. The fraction of sp³-hybridized carbons (Fsp3) is 0.667.